The molecule has 1 N–H and O–H groups in total. The smallest absolute Gasteiger partial charge is 0.374 e. The van der Waals surface area contributed by atoms with Gasteiger partial charge in [-0.15, -0.1) is 0 Å². The van der Waals surface area contributed by atoms with Gasteiger partial charge < -0.3 is 24.1 Å². The number of esters is 4. The standard InChI is InChI=1S/C45H45NO9.2CH4/c1-32(30-54-44(50)42(46-3)40(34-18-8-4-9-19-34)35-20-10-5-11-21-35)28-52-38(47)26-16-17-27-39(48)53-29-33(2)31-55-45(51)43(49)41(36-22-12-6-13-23-36)37-24-14-7-15-25-37;;/h4-15,18-25,32-33,49H,16-17,26-31H2,1-2H3;2*1H4. The van der Waals surface area contributed by atoms with Crippen molar-refractivity contribution in [1.29, 1.82) is 0 Å². The molecule has 0 spiro atoms. The largest absolute Gasteiger partial charge is 0.501 e. The number of hydrogen-bond donors (Lipinski definition) is 1. The van der Waals surface area contributed by atoms with E-state index >= 15 is 0 Å². The van der Waals surface area contributed by atoms with Crippen LogP contribution in [0.4, 0.5) is 0 Å². The Morgan fingerprint density at radius 1 is 0.526 bits per heavy atom. The normalized spacial score (nSPS) is 11.1. The Hall–Kier alpha value is -6.47. The maximum atomic E-state index is 13.0. The number of benzene rings is 4. The molecule has 4 rings (SSSR count). The van der Waals surface area contributed by atoms with Crippen LogP contribution in [0.5, 0.6) is 0 Å². The van der Waals surface area contributed by atoms with Gasteiger partial charge in [0.2, 0.25) is 5.76 Å². The number of unbranched alkanes of at least 4 members (excludes halogenated alkanes) is 1. The lowest BCUT2D eigenvalue weighted by Crippen LogP contribution is -2.20. The van der Waals surface area contributed by atoms with E-state index in [4.69, 9.17) is 25.5 Å². The van der Waals surface area contributed by atoms with Crippen molar-refractivity contribution in [3.8, 4) is 0 Å². The molecule has 4 aromatic carbocycles. The molecular weight excluding hydrogens is 723 g/mol. The SMILES string of the molecule is C.C.[C-]#[N+]C(C(=O)OCC(C)COC(=O)CCCCC(=O)OCC(C)COC(=O)C(O)=C(c1ccccc1)c1ccccc1)=C(c1ccccc1)c1ccccc1. The molecule has 0 heterocycles. The first-order valence-corrected chi connectivity index (χ1v) is 18.1. The number of aliphatic hydroxyl groups excluding tert-OH is 1. The Morgan fingerprint density at radius 2 is 0.842 bits per heavy atom. The van der Waals surface area contributed by atoms with E-state index < -0.39 is 29.6 Å². The van der Waals surface area contributed by atoms with E-state index in [2.05, 4.69) is 4.85 Å². The van der Waals surface area contributed by atoms with Gasteiger partial charge in [0.05, 0.1) is 33.0 Å². The summed E-state index contributed by atoms with van der Waals surface area (Å²) in [5, 5.41) is 10.8. The molecule has 0 fully saturated rings. The molecule has 57 heavy (non-hydrogen) atoms. The van der Waals surface area contributed by atoms with E-state index in [1.165, 1.54) is 0 Å². The van der Waals surface area contributed by atoms with Crippen molar-refractivity contribution < 1.29 is 43.2 Å². The molecule has 0 radical (unpaired) electrons. The summed E-state index contributed by atoms with van der Waals surface area (Å²) < 4.78 is 21.5. The van der Waals surface area contributed by atoms with E-state index in [0.29, 0.717) is 46.2 Å². The van der Waals surface area contributed by atoms with Gasteiger partial charge in [0.1, 0.15) is 0 Å². The third-order valence-electron chi connectivity index (χ3n) is 8.29. The Bertz CT molecular complexity index is 1890. The van der Waals surface area contributed by atoms with Gasteiger partial charge in [-0.1, -0.05) is 150 Å². The maximum absolute atomic E-state index is 13.0. The molecule has 2 unspecified atom stereocenters. The molecule has 0 aliphatic carbocycles. The lowest BCUT2D eigenvalue weighted by molar-refractivity contribution is -0.150. The van der Waals surface area contributed by atoms with E-state index in [-0.39, 0.29) is 71.7 Å². The fourth-order valence-electron chi connectivity index (χ4n) is 5.43. The van der Waals surface area contributed by atoms with Crippen molar-refractivity contribution in [1.82, 2.24) is 0 Å². The first-order chi connectivity index (χ1) is 26.7. The Labute approximate surface area is 336 Å². The predicted molar refractivity (Wildman–Crippen MR) is 221 cm³/mol. The van der Waals surface area contributed by atoms with Crippen molar-refractivity contribution in [2.75, 3.05) is 26.4 Å². The number of aliphatic hydroxyl groups is 1. The van der Waals surface area contributed by atoms with Crippen molar-refractivity contribution in [2.45, 2.75) is 54.4 Å². The zero-order chi connectivity index (χ0) is 39.4. The Balaban J connectivity index is 0.00000561. The highest BCUT2D eigenvalue weighted by molar-refractivity contribution is 6.03. The van der Waals surface area contributed by atoms with E-state index in [9.17, 15) is 24.3 Å². The van der Waals surface area contributed by atoms with Gasteiger partial charge in [-0.25, -0.2) is 9.64 Å². The Morgan fingerprint density at radius 3 is 1.19 bits per heavy atom. The molecule has 2 atom stereocenters. The van der Waals surface area contributed by atoms with Crippen LogP contribution in [-0.4, -0.2) is 55.4 Å². The van der Waals surface area contributed by atoms with Gasteiger partial charge in [0.25, 0.3) is 5.70 Å². The van der Waals surface area contributed by atoms with Crippen molar-refractivity contribution >= 4 is 35.0 Å². The first kappa shape index (κ1) is 46.7. The molecule has 300 valence electrons. The predicted octanol–water partition coefficient (Wildman–Crippen LogP) is 9.66. The zero-order valence-corrected chi connectivity index (χ0v) is 31.0. The third-order valence-corrected chi connectivity index (χ3v) is 8.29. The van der Waals surface area contributed by atoms with Crippen molar-refractivity contribution in [3.05, 3.63) is 166 Å². The van der Waals surface area contributed by atoms with Crippen LogP contribution in [0.1, 0.15) is 76.6 Å². The zero-order valence-electron chi connectivity index (χ0n) is 31.0. The molecule has 4 aromatic rings. The van der Waals surface area contributed by atoms with Crippen LogP contribution in [0.25, 0.3) is 16.0 Å². The summed E-state index contributed by atoms with van der Waals surface area (Å²) >= 11 is 0. The Kier molecular flexibility index (Phi) is 20.3. The second-order valence-corrected chi connectivity index (χ2v) is 13.0. The number of nitrogens with zero attached hydrogens (tertiary/aromatic N) is 1. The molecule has 0 bridgehead atoms. The summed E-state index contributed by atoms with van der Waals surface area (Å²) in [4.78, 5) is 54.0. The number of rotatable bonds is 19. The molecule has 10 nitrogen and oxygen atoms in total. The van der Waals surface area contributed by atoms with Gasteiger partial charge in [0.15, 0.2) is 0 Å². The first-order valence-electron chi connectivity index (χ1n) is 18.1. The molecule has 0 aliphatic heterocycles. The fraction of sp³-hybridized carbons (Fsp3) is 0.298. The molecular formula is C47H53NO9. The van der Waals surface area contributed by atoms with Crippen LogP contribution in [0.15, 0.2) is 133 Å². The number of ether oxygens (including phenoxy) is 4. The number of carbonyl (C=O) groups is 4. The van der Waals surface area contributed by atoms with Crippen LogP contribution in [-0.2, 0) is 38.1 Å². The van der Waals surface area contributed by atoms with E-state index in [1.807, 2.05) is 97.1 Å². The van der Waals surface area contributed by atoms with Gasteiger partial charge in [-0.3, -0.25) is 14.4 Å². The van der Waals surface area contributed by atoms with Gasteiger partial charge in [-0.2, -0.15) is 0 Å². The number of carbonyl (C=O) groups excluding carboxylic acids is 4. The van der Waals surface area contributed by atoms with Gasteiger partial charge in [0, 0.05) is 35.8 Å². The fourth-order valence-corrected chi connectivity index (χ4v) is 5.43. The summed E-state index contributed by atoms with van der Waals surface area (Å²) in [5.74, 6) is -3.69. The highest BCUT2D eigenvalue weighted by Gasteiger charge is 2.23. The van der Waals surface area contributed by atoms with Crippen LogP contribution < -0.4 is 0 Å². The summed E-state index contributed by atoms with van der Waals surface area (Å²) in [6, 6.07) is 36.5. The number of hydrogen-bond acceptors (Lipinski definition) is 9. The van der Waals surface area contributed by atoms with Gasteiger partial charge >= 0.3 is 23.9 Å². The van der Waals surface area contributed by atoms with Crippen LogP contribution >= 0.6 is 0 Å². The second-order valence-electron chi connectivity index (χ2n) is 13.0. The van der Waals surface area contributed by atoms with E-state index in [0.717, 1.165) is 0 Å². The minimum absolute atomic E-state index is 0. The van der Waals surface area contributed by atoms with Crippen LogP contribution in [0.3, 0.4) is 0 Å². The van der Waals surface area contributed by atoms with Crippen molar-refractivity contribution in [2.24, 2.45) is 11.8 Å². The summed E-state index contributed by atoms with van der Waals surface area (Å²) in [5.41, 5.74) is 3.45. The van der Waals surface area contributed by atoms with E-state index in [1.54, 1.807) is 38.1 Å². The highest BCUT2D eigenvalue weighted by atomic mass is 16.6. The summed E-state index contributed by atoms with van der Waals surface area (Å²) in [6.45, 7) is 11.2. The minimum Gasteiger partial charge on any atom is -0.501 e. The second kappa shape index (κ2) is 24.8. The molecule has 0 saturated heterocycles. The topological polar surface area (TPSA) is 130 Å². The highest BCUT2D eigenvalue weighted by Crippen LogP contribution is 2.29. The molecule has 0 amide bonds. The molecule has 10 heteroatoms. The molecule has 0 aliphatic rings. The van der Waals surface area contributed by atoms with Crippen LogP contribution in [0, 0.1) is 18.4 Å². The monoisotopic (exact) mass is 775 g/mol. The average molecular weight is 776 g/mol. The maximum Gasteiger partial charge on any atom is 0.374 e. The van der Waals surface area contributed by atoms with Crippen LogP contribution in [0.2, 0.25) is 0 Å². The average Bonchev–Trinajstić information content (AvgIpc) is 3.22. The van der Waals surface area contributed by atoms with Gasteiger partial charge in [-0.05, 0) is 35.1 Å². The minimum atomic E-state index is -0.883. The summed E-state index contributed by atoms with van der Waals surface area (Å²) in [6.07, 6.45) is 1.00. The van der Waals surface area contributed by atoms with Crippen molar-refractivity contribution in [3.63, 3.8) is 0 Å². The molecule has 0 aromatic heterocycles. The molecule has 0 saturated carbocycles. The lowest BCUT2D eigenvalue weighted by atomic mass is 9.96. The summed E-state index contributed by atoms with van der Waals surface area (Å²) in [7, 11) is 0. The lowest BCUT2D eigenvalue weighted by Gasteiger charge is -2.15. The third kappa shape index (κ3) is 14.9. The quantitative estimate of drug-likeness (QED) is 0.0247.